The van der Waals surface area contributed by atoms with E-state index in [0.29, 0.717) is 17.5 Å². The predicted molar refractivity (Wildman–Crippen MR) is 235 cm³/mol. The first-order valence-corrected chi connectivity index (χ1v) is 19.3. The SMILES string of the molecule is Cc1cc(-c2nc(-c3ccccc3)nc(-c3ccccc3-c3ccccc3)n2)ccc1-n1c2ccccc2c2ccc3c(c4ccccc4n3-c3ccccc3)c21. The first kappa shape index (κ1) is 32.8. The van der Waals surface area contributed by atoms with E-state index in [1.54, 1.807) is 0 Å². The zero-order valence-electron chi connectivity index (χ0n) is 31.2. The lowest BCUT2D eigenvalue weighted by Gasteiger charge is -2.15. The Hall–Kier alpha value is -7.63. The van der Waals surface area contributed by atoms with Crippen LogP contribution in [0.3, 0.4) is 0 Å². The molecule has 5 heteroatoms. The van der Waals surface area contributed by atoms with Crippen LogP contribution in [0.15, 0.2) is 194 Å². The maximum Gasteiger partial charge on any atom is 0.164 e. The predicted octanol–water partition coefficient (Wildman–Crippen LogP) is 13.0. The molecular weight excluding hydrogens is 695 g/mol. The Morgan fingerprint density at radius 3 is 1.65 bits per heavy atom. The van der Waals surface area contributed by atoms with Gasteiger partial charge >= 0.3 is 0 Å². The molecular formula is C52H35N5. The highest BCUT2D eigenvalue weighted by Gasteiger charge is 2.22. The van der Waals surface area contributed by atoms with Crippen LogP contribution in [-0.4, -0.2) is 24.1 Å². The average Bonchev–Trinajstić information content (AvgIpc) is 3.80. The van der Waals surface area contributed by atoms with Crippen molar-refractivity contribution < 1.29 is 0 Å². The second kappa shape index (κ2) is 13.3. The van der Waals surface area contributed by atoms with E-state index in [4.69, 9.17) is 15.0 Å². The van der Waals surface area contributed by atoms with Gasteiger partial charge in [-0.3, -0.25) is 0 Å². The van der Waals surface area contributed by atoms with Crippen LogP contribution in [0, 0.1) is 6.92 Å². The molecule has 8 aromatic carbocycles. The highest BCUT2D eigenvalue weighted by Crippen LogP contribution is 2.43. The van der Waals surface area contributed by atoms with E-state index in [0.717, 1.165) is 44.8 Å². The molecule has 11 rings (SSSR count). The lowest BCUT2D eigenvalue weighted by Crippen LogP contribution is -2.02. The molecule has 57 heavy (non-hydrogen) atoms. The van der Waals surface area contributed by atoms with Crippen molar-refractivity contribution in [3.05, 3.63) is 200 Å². The van der Waals surface area contributed by atoms with Crippen molar-refractivity contribution >= 4 is 43.6 Å². The lowest BCUT2D eigenvalue weighted by atomic mass is 9.99. The fraction of sp³-hybridized carbons (Fsp3) is 0.0192. The summed E-state index contributed by atoms with van der Waals surface area (Å²) < 4.78 is 4.85. The van der Waals surface area contributed by atoms with Gasteiger partial charge in [-0.1, -0.05) is 146 Å². The van der Waals surface area contributed by atoms with Gasteiger partial charge in [0.25, 0.3) is 0 Å². The molecule has 0 radical (unpaired) electrons. The Bertz CT molecular complexity index is 3290. The second-order valence-corrected chi connectivity index (χ2v) is 14.5. The number of para-hydroxylation sites is 3. The summed E-state index contributed by atoms with van der Waals surface area (Å²) >= 11 is 0. The second-order valence-electron chi connectivity index (χ2n) is 14.5. The van der Waals surface area contributed by atoms with Crippen LogP contribution >= 0.6 is 0 Å². The van der Waals surface area contributed by atoms with Gasteiger partial charge in [-0.05, 0) is 72.1 Å². The van der Waals surface area contributed by atoms with Crippen LogP contribution in [0.1, 0.15) is 5.56 Å². The quantitative estimate of drug-likeness (QED) is 0.171. The summed E-state index contributed by atoms with van der Waals surface area (Å²) in [5.74, 6) is 1.91. The molecule has 11 aromatic rings. The van der Waals surface area contributed by atoms with Gasteiger partial charge in [0.05, 0.1) is 22.1 Å². The summed E-state index contributed by atoms with van der Waals surface area (Å²) in [5.41, 5.74) is 13.1. The smallest absolute Gasteiger partial charge is 0.164 e. The summed E-state index contributed by atoms with van der Waals surface area (Å²) in [7, 11) is 0. The van der Waals surface area contributed by atoms with E-state index in [2.05, 4.69) is 180 Å². The van der Waals surface area contributed by atoms with E-state index in [1.165, 1.54) is 43.6 Å². The van der Waals surface area contributed by atoms with Gasteiger partial charge in [0.2, 0.25) is 0 Å². The average molecular weight is 730 g/mol. The van der Waals surface area contributed by atoms with Crippen molar-refractivity contribution in [3.63, 3.8) is 0 Å². The maximum absolute atomic E-state index is 5.19. The van der Waals surface area contributed by atoms with Gasteiger partial charge in [-0.15, -0.1) is 0 Å². The summed E-state index contributed by atoms with van der Waals surface area (Å²) in [6.45, 7) is 2.19. The third-order valence-electron chi connectivity index (χ3n) is 11.1. The van der Waals surface area contributed by atoms with Crippen LogP contribution in [-0.2, 0) is 0 Å². The fourth-order valence-electron chi connectivity index (χ4n) is 8.55. The Morgan fingerprint density at radius 2 is 0.930 bits per heavy atom. The molecule has 3 heterocycles. The van der Waals surface area contributed by atoms with Gasteiger partial charge < -0.3 is 9.13 Å². The molecule has 0 amide bonds. The third-order valence-corrected chi connectivity index (χ3v) is 11.1. The zero-order chi connectivity index (χ0) is 37.9. The molecule has 0 aliphatic carbocycles. The Kier molecular flexibility index (Phi) is 7.64. The molecule has 268 valence electrons. The van der Waals surface area contributed by atoms with Gasteiger partial charge in [-0.25, -0.2) is 15.0 Å². The van der Waals surface area contributed by atoms with Crippen LogP contribution < -0.4 is 0 Å². The number of hydrogen-bond donors (Lipinski definition) is 0. The first-order valence-electron chi connectivity index (χ1n) is 19.3. The number of hydrogen-bond acceptors (Lipinski definition) is 3. The van der Waals surface area contributed by atoms with E-state index in [9.17, 15) is 0 Å². The summed E-state index contributed by atoms with van der Waals surface area (Å²) in [4.78, 5) is 15.4. The molecule has 0 unspecified atom stereocenters. The largest absolute Gasteiger partial charge is 0.309 e. The summed E-state index contributed by atoms with van der Waals surface area (Å²) in [6.07, 6.45) is 0. The van der Waals surface area contributed by atoms with Gasteiger partial charge in [-0.2, -0.15) is 0 Å². The van der Waals surface area contributed by atoms with Crippen LogP contribution in [0.4, 0.5) is 0 Å². The highest BCUT2D eigenvalue weighted by molar-refractivity contribution is 6.26. The molecule has 3 aromatic heterocycles. The molecule has 0 fully saturated rings. The van der Waals surface area contributed by atoms with Crippen LogP contribution in [0.5, 0.6) is 0 Å². The number of aryl methyl sites for hydroxylation is 1. The number of aromatic nitrogens is 5. The molecule has 0 aliphatic rings. The number of benzene rings is 8. The first-order chi connectivity index (χ1) is 28.2. The van der Waals surface area contributed by atoms with E-state index >= 15 is 0 Å². The van der Waals surface area contributed by atoms with Crippen molar-refractivity contribution in [1.29, 1.82) is 0 Å². The zero-order valence-corrected chi connectivity index (χ0v) is 31.2. The molecule has 0 spiro atoms. The minimum Gasteiger partial charge on any atom is -0.309 e. The van der Waals surface area contributed by atoms with Crippen molar-refractivity contribution in [2.45, 2.75) is 6.92 Å². The summed E-state index contributed by atoms with van der Waals surface area (Å²) in [5, 5.41) is 4.91. The van der Waals surface area contributed by atoms with Gasteiger partial charge in [0.15, 0.2) is 17.5 Å². The Labute approximate surface area is 329 Å². The van der Waals surface area contributed by atoms with Crippen LogP contribution in [0.2, 0.25) is 0 Å². The minimum absolute atomic E-state index is 0.631. The Morgan fingerprint density at radius 1 is 0.368 bits per heavy atom. The lowest BCUT2D eigenvalue weighted by molar-refractivity contribution is 1.07. The molecule has 0 saturated carbocycles. The highest BCUT2D eigenvalue weighted by atomic mass is 15.0. The number of nitrogens with zero attached hydrogens (tertiary/aromatic N) is 5. The number of fused-ring (bicyclic) bond motifs is 7. The van der Waals surface area contributed by atoms with E-state index in [1.807, 2.05) is 30.3 Å². The van der Waals surface area contributed by atoms with Crippen molar-refractivity contribution in [2.75, 3.05) is 0 Å². The van der Waals surface area contributed by atoms with Crippen molar-refractivity contribution in [2.24, 2.45) is 0 Å². The molecule has 0 atom stereocenters. The van der Waals surface area contributed by atoms with Crippen molar-refractivity contribution in [3.8, 4) is 56.7 Å². The fourth-order valence-corrected chi connectivity index (χ4v) is 8.55. The Balaban J connectivity index is 1.13. The van der Waals surface area contributed by atoms with E-state index in [-0.39, 0.29) is 0 Å². The van der Waals surface area contributed by atoms with Crippen molar-refractivity contribution in [1.82, 2.24) is 24.1 Å². The molecule has 0 saturated heterocycles. The molecule has 0 aliphatic heterocycles. The number of rotatable bonds is 6. The third kappa shape index (κ3) is 5.35. The standard InChI is InChI=1S/C52H35N5/c1-34-33-37(51-53-50(36-19-7-3-8-20-36)54-52(55-51)42-25-12-11-23-39(42)35-17-5-2-6-18-35)29-31-44(34)57-45-27-15-13-24-40(45)41-30-32-47-48(49(41)57)43-26-14-16-28-46(43)56(47)38-21-9-4-10-22-38/h2-33H,1H3. The topological polar surface area (TPSA) is 48.5 Å². The molecule has 0 bridgehead atoms. The van der Waals surface area contributed by atoms with Gasteiger partial charge in [0, 0.05) is 49.6 Å². The summed E-state index contributed by atoms with van der Waals surface area (Å²) in [6, 6.07) is 68.3. The normalized spacial score (nSPS) is 11.6. The minimum atomic E-state index is 0.631. The van der Waals surface area contributed by atoms with Gasteiger partial charge in [0.1, 0.15) is 0 Å². The maximum atomic E-state index is 5.19. The van der Waals surface area contributed by atoms with E-state index < -0.39 is 0 Å². The van der Waals surface area contributed by atoms with Crippen LogP contribution in [0.25, 0.3) is 100 Å². The molecule has 5 nitrogen and oxygen atoms in total. The monoisotopic (exact) mass is 729 g/mol. The molecule has 0 N–H and O–H groups in total.